The van der Waals surface area contributed by atoms with Gasteiger partial charge in [0.1, 0.15) is 0 Å². The van der Waals surface area contributed by atoms with E-state index in [9.17, 15) is 8.42 Å². The first-order valence-electron chi connectivity index (χ1n) is 4.94. The van der Waals surface area contributed by atoms with E-state index in [1.807, 2.05) is 0 Å². The molecule has 0 radical (unpaired) electrons. The van der Waals surface area contributed by atoms with Crippen LogP contribution in [0.5, 0.6) is 0 Å². The summed E-state index contributed by atoms with van der Waals surface area (Å²) in [5.74, 6) is 0. The van der Waals surface area contributed by atoms with Crippen LogP contribution in [0.1, 0.15) is 19.8 Å². The third-order valence-corrected chi connectivity index (χ3v) is 4.27. The SMILES string of the molecule is CC(CO)(CO)NS(=O)(=O)N1CCCC1. The Morgan fingerprint density at radius 3 is 2.13 bits per heavy atom. The lowest BCUT2D eigenvalue weighted by molar-refractivity contribution is 0.120. The maximum atomic E-state index is 11.8. The molecule has 1 aliphatic rings. The van der Waals surface area contributed by atoms with Crippen LogP contribution in [-0.2, 0) is 10.2 Å². The van der Waals surface area contributed by atoms with Gasteiger partial charge in [-0.25, -0.2) is 0 Å². The summed E-state index contributed by atoms with van der Waals surface area (Å²) in [4.78, 5) is 0. The van der Waals surface area contributed by atoms with Crippen molar-refractivity contribution in [2.45, 2.75) is 25.3 Å². The fourth-order valence-electron chi connectivity index (χ4n) is 1.42. The van der Waals surface area contributed by atoms with Crippen LogP contribution in [0.25, 0.3) is 0 Å². The zero-order chi connectivity index (χ0) is 11.5. The van der Waals surface area contributed by atoms with Crippen molar-refractivity contribution >= 4 is 10.2 Å². The Morgan fingerprint density at radius 1 is 1.27 bits per heavy atom. The molecule has 0 aromatic rings. The third kappa shape index (κ3) is 3.12. The van der Waals surface area contributed by atoms with E-state index in [4.69, 9.17) is 10.2 Å². The van der Waals surface area contributed by atoms with Crippen molar-refractivity contribution in [2.24, 2.45) is 0 Å². The maximum Gasteiger partial charge on any atom is 0.280 e. The van der Waals surface area contributed by atoms with Gasteiger partial charge in [0.25, 0.3) is 10.2 Å². The van der Waals surface area contributed by atoms with Crippen LogP contribution in [0.15, 0.2) is 0 Å². The van der Waals surface area contributed by atoms with Gasteiger partial charge in [0.15, 0.2) is 0 Å². The first-order valence-corrected chi connectivity index (χ1v) is 6.38. The summed E-state index contributed by atoms with van der Waals surface area (Å²) in [6, 6.07) is 0. The van der Waals surface area contributed by atoms with Gasteiger partial charge < -0.3 is 10.2 Å². The van der Waals surface area contributed by atoms with Gasteiger partial charge in [0.2, 0.25) is 0 Å². The van der Waals surface area contributed by atoms with Crippen LogP contribution in [-0.4, -0.2) is 54.8 Å². The maximum absolute atomic E-state index is 11.8. The van der Waals surface area contributed by atoms with Gasteiger partial charge in [-0.1, -0.05) is 0 Å². The molecule has 0 bridgehead atoms. The highest BCUT2D eigenvalue weighted by molar-refractivity contribution is 7.87. The van der Waals surface area contributed by atoms with Crippen molar-refractivity contribution in [1.29, 1.82) is 0 Å². The van der Waals surface area contributed by atoms with Crippen LogP contribution in [0.3, 0.4) is 0 Å². The lowest BCUT2D eigenvalue weighted by atomic mass is 10.1. The predicted molar refractivity (Wildman–Crippen MR) is 55.4 cm³/mol. The van der Waals surface area contributed by atoms with Crippen molar-refractivity contribution in [1.82, 2.24) is 9.03 Å². The number of nitrogens with zero attached hydrogens (tertiary/aromatic N) is 1. The topological polar surface area (TPSA) is 89.9 Å². The molecule has 7 heteroatoms. The molecule has 3 N–H and O–H groups in total. The van der Waals surface area contributed by atoms with Gasteiger partial charge in [0, 0.05) is 13.1 Å². The summed E-state index contributed by atoms with van der Waals surface area (Å²) in [5.41, 5.74) is -1.19. The minimum atomic E-state index is -3.58. The molecule has 0 aromatic heterocycles. The van der Waals surface area contributed by atoms with Crippen LogP contribution in [0, 0.1) is 0 Å². The monoisotopic (exact) mass is 238 g/mol. The van der Waals surface area contributed by atoms with Crippen LogP contribution in [0.2, 0.25) is 0 Å². The molecular formula is C8H18N2O4S. The van der Waals surface area contributed by atoms with Gasteiger partial charge in [0.05, 0.1) is 18.8 Å². The molecule has 6 nitrogen and oxygen atoms in total. The fourth-order valence-corrected chi connectivity index (χ4v) is 3.04. The smallest absolute Gasteiger partial charge is 0.280 e. The minimum Gasteiger partial charge on any atom is -0.394 e. The summed E-state index contributed by atoms with van der Waals surface area (Å²) in [5, 5.41) is 18.0. The standard InChI is InChI=1S/C8H18N2O4S/c1-8(6-11,7-12)9-15(13,14)10-4-2-3-5-10/h9,11-12H,2-7H2,1H3. The van der Waals surface area contributed by atoms with E-state index in [1.165, 1.54) is 11.2 Å². The highest BCUT2D eigenvalue weighted by Gasteiger charge is 2.33. The highest BCUT2D eigenvalue weighted by atomic mass is 32.2. The Hall–Kier alpha value is -0.210. The van der Waals surface area contributed by atoms with E-state index in [0.29, 0.717) is 13.1 Å². The minimum absolute atomic E-state index is 0.434. The summed E-state index contributed by atoms with van der Waals surface area (Å²) >= 11 is 0. The first-order chi connectivity index (χ1) is 6.93. The Bertz CT molecular complexity index is 294. The third-order valence-electron chi connectivity index (χ3n) is 2.48. The summed E-state index contributed by atoms with van der Waals surface area (Å²) in [6.45, 7) is 1.60. The molecule has 1 saturated heterocycles. The molecule has 0 aliphatic carbocycles. The molecule has 0 amide bonds. The number of hydrogen-bond acceptors (Lipinski definition) is 4. The molecule has 1 aliphatic heterocycles. The highest BCUT2D eigenvalue weighted by Crippen LogP contribution is 2.14. The summed E-state index contributed by atoms with van der Waals surface area (Å²) < 4.78 is 27.2. The first kappa shape index (κ1) is 12.9. The van der Waals surface area contributed by atoms with E-state index in [2.05, 4.69) is 4.72 Å². The zero-order valence-corrected chi connectivity index (χ0v) is 9.63. The lowest BCUT2D eigenvalue weighted by Gasteiger charge is -2.28. The molecule has 0 atom stereocenters. The molecule has 1 heterocycles. The van der Waals surface area contributed by atoms with E-state index in [1.54, 1.807) is 0 Å². The average molecular weight is 238 g/mol. The predicted octanol–water partition coefficient (Wildman–Crippen LogP) is -1.34. The molecule has 0 unspecified atom stereocenters. The van der Waals surface area contributed by atoms with Crippen LogP contribution < -0.4 is 4.72 Å². The van der Waals surface area contributed by atoms with Crippen molar-refractivity contribution in [2.75, 3.05) is 26.3 Å². The van der Waals surface area contributed by atoms with E-state index in [0.717, 1.165) is 12.8 Å². The summed E-state index contributed by atoms with van der Waals surface area (Å²) in [7, 11) is -3.58. The molecule has 15 heavy (non-hydrogen) atoms. The second kappa shape index (κ2) is 4.75. The molecule has 0 spiro atoms. The number of hydrogen-bond donors (Lipinski definition) is 3. The Kier molecular flexibility index (Phi) is 4.07. The van der Waals surface area contributed by atoms with E-state index >= 15 is 0 Å². The Morgan fingerprint density at radius 2 is 1.73 bits per heavy atom. The fraction of sp³-hybridized carbons (Fsp3) is 1.00. The van der Waals surface area contributed by atoms with Crippen molar-refractivity contribution in [3.8, 4) is 0 Å². The van der Waals surface area contributed by atoms with Crippen LogP contribution in [0.4, 0.5) is 0 Å². The molecule has 0 saturated carbocycles. The largest absolute Gasteiger partial charge is 0.394 e. The number of nitrogens with one attached hydrogen (secondary N) is 1. The van der Waals surface area contributed by atoms with Crippen molar-refractivity contribution in [3.05, 3.63) is 0 Å². The molecule has 1 fully saturated rings. The number of aliphatic hydroxyl groups excluding tert-OH is 2. The summed E-state index contributed by atoms with van der Waals surface area (Å²) in [6.07, 6.45) is 1.71. The lowest BCUT2D eigenvalue weighted by Crippen LogP contribution is -2.55. The van der Waals surface area contributed by atoms with Gasteiger partial charge in [-0.15, -0.1) is 0 Å². The molecule has 90 valence electrons. The van der Waals surface area contributed by atoms with Gasteiger partial charge in [-0.05, 0) is 19.8 Å². The Balaban J connectivity index is 2.70. The second-order valence-electron chi connectivity index (χ2n) is 4.09. The quantitative estimate of drug-likeness (QED) is 0.553. The van der Waals surface area contributed by atoms with Gasteiger partial charge in [-0.2, -0.15) is 17.4 Å². The number of rotatable bonds is 5. The van der Waals surface area contributed by atoms with Crippen LogP contribution >= 0.6 is 0 Å². The molecular weight excluding hydrogens is 220 g/mol. The van der Waals surface area contributed by atoms with Gasteiger partial charge >= 0.3 is 0 Å². The Labute approximate surface area is 90.1 Å². The molecule has 1 rings (SSSR count). The van der Waals surface area contributed by atoms with E-state index < -0.39 is 29.0 Å². The average Bonchev–Trinajstić information content (AvgIpc) is 2.70. The normalized spacial score (nSPS) is 19.7. The van der Waals surface area contributed by atoms with E-state index in [-0.39, 0.29) is 0 Å². The number of aliphatic hydroxyl groups is 2. The van der Waals surface area contributed by atoms with Crippen molar-refractivity contribution in [3.63, 3.8) is 0 Å². The second-order valence-corrected chi connectivity index (χ2v) is 5.76. The van der Waals surface area contributed by atoms with Gasteiger partial charge in [-0.3, -0.25) is 0 Å². The molecule has 0 aromatic carbocycles. The van der Waals surface area contributed by atoms with Crippen molar-refractivity contribution < 1.29 is 18.6 Å². The zero-order valence-electron chi connectivity index (χ0n) is 8.81.